The molecule has 0 aliphatic carbocycles. The molecular formula is C6HBrN4O2. The monoisotopic (exact) mass is 240 g/mol. The highest BCUT2D eigenvalue weighted by molar-refractivity contribution is 9.10. The number of halogens is 1. The van der Waals surface area contributed by atoms with Gasteiger partial charge in [-0.2, -0.15) is 0 Å². The van der Waals surface area contributed by atoms with Crippen LogP contribution in [0.4, 0.5) is 0 Å². The van der Waals surface area contributed by atoms with Crippen LogP contribution in [0.3, 0.4) is 0 Å². The maximum atomic E-state index is 4.88. The first-order chi connectivity index (χ1) is 6.36. The smallest absolute Gasteiger partial charge is 0.191 e. The van der Waals surface area contributed by atoms with Crippen LogP contribution in [-0.2, 0) is 0 Å². The van der Waals surface area contributed by atoms with E-state index in [0.717, 1.165) is 4.47 Å². The summed E-state index contributed by atoms with van der Waals surface area (Å²) >= 11 is 3.30. The van der Waals surface area contributed by atoms with Crippen molar-refractivity contribution in [2.24, 2.45) is 0 Å². The third-order valence-electron chi connectivity index (χ3n) is 1.71. The Balaban J connectivity index is 2.70. The second-order valence-electron chi connectivity index (χ2n) is 2.44. The fourth-order valence-corrected chi connectivity index (χ4v) is 1.61. The molecule has 1 aromatic carbocycles. The molecule has 0 spiro atoms. The summed E-state index contributed by atoms with van der Waals surface area (Å²) in [5.74, 6) is 0. The minimum Gasteiger partial charge on any atom is -0.337 e. The second kappa shape index (κ2) is 2.25. The predicted molar refractivity (Wildman–Crippen MR) is 44.9 cm³/mol. The predicted octanol–water partition coefficient (Wildman–Crippen LogP) is 1.52. The zero-order valence-corrected chi connectivity index (χ0v) is 7.65. The van der Waals surface area contributed by atoms with Crippen molar-refractivity contribution in [2.75, 3.05) is 0 Å². The second-order valence-corrected chi connectivity index (χ2v) is 3.29. The molecule has 0 aliphatic rings. The molecule has 0 fully saturated rings. The first kappa shape index (κ1) is 6.96. The van der Waals surface area contributed by atoms with Gasteiger partial charge >= 0.3 is 0 Å². The first-order valence-corrected chi connectivity index (χ1v) is 4.18. The molecule has 0 unspecified atom stereocenters. The lowest BCUT2D eigenvalue weighted by Crippen LogP contribution is -1.75. The van der Waals surface area contributed by atoms with Crippen molar-refractivity contribution in [2.45, 2.75) is 0 Å². The molecule has 0 aliphatic heterocycles. The number of fused-ring (bicyclic) bond motifs is 3. The summed E-state index contributed by atoms with van der Waals surface area (Å²) in [5.41, 5.74) is 2.27. The van der Waals surface area contributed by atoms with Crippen LogP contribution >= 0.6 is 15.9 Å². The van der Waals surface area contributed by atoms with Gasteiger partial charge in [-0.15, -0.1) is 5.10 Å². The lowest BCUT2D eigenvalue weighted by Gasteiger charge is -1.87. The maximum absolute atomic E-state index is 4.88. The van der Waals surface area contributed by atoms with E-state index in [1.165, 1.54) is 0 Å². The average Bonchev–Trinajstić information content (AvgIpc) is 2.66. The summed E-state index contributed by atoms with van der Waals surface area (Å²) in [4.78, 5) is 0. The van der Waals surface area contributed by atoms with Gasteiger partial charge in [0.05, 0.1) is 4.47 Å². The molecule has 3 aromatic rings. The van der Waals surface area contributed by atoms with Crippen LogP contribution in [0.2, 0.25) is 0 Å². The Kier molecular flexibility index (Phi) is 1.21. The number of nitrogens with zero attached hydrogens (tertiary/aromatic N) is 4. The van der Waals surface area contributed by atoms with E-state index in [2.05, 4.69) is 41.2 Å². The van der Waals surface area contributed by atoms with Crippen LogP contribution in [0.1, 0.15) is 0 Å². The highest BCUT2D eigenvalue weighted by atomic mass is 79.9. The zero-order chi connectivity index (χ0) is 8.84. The number of rotatable bonds is 0. The van der Waals surface area contributed by atoms with Crippen molar-refractivity contribution in [1.29, 1.82) is 0 Å². The van der Waals surface area contributed by atoms with Crippen LogP contribution in [0.5, 0.6) is 0 Å². The molecule has 13 heavy (non-hydrogen) atoms. The minimum absolute atomic E-state index is 0.547. The van der Waals surface area contributed by atoms with E-state index in [1.54, 1.807) is 6.07 Å². The van der Waals surface area contributed by atoms with Crippen molar-refractivity contribution in [3.05, 3.63) is 10.5 Å². The Morgan fingerprint density at radius 3 is 2.92 bits per heavy atom. The van der Waals surface area contributed by atoms with E-state index in [-0.39, 0.29) is 0 Å². The lowest BCUT2D eigenvalue weighted by molar-refractivity contribution is 0.315. The van der Waals surface area contributed by atoms with Gasteiger partial charge in [-0.25, -0.2) is 4.63 Å². The summed E-state index contributed by atoms with van der Waals surface area (Å²) in [5, 5.41) is 14.6. The van der Waals surface area contributed by atoms with Crippen molar-refractivity contribution in [3.8, 4) is 0 Å². The number of benzene rings is 1. The van der Waals surface area contributed by atoms with Crippen molar-refractivity contribution >= 4 is 38.1 Å². The molecule has 3 rings (SSSR count). The fraction of sp³-hybridized carbons (Fsp3) is 0. The number of hydrogen-bond acceptors (Lipinski definition) is 6. The van der Waals surface area contributed by atoms with E-state index >= 15 is 0 Å². The molecule has 2 heterocycles. The minimum atomic E-state index is 0.547. The van der Waals surface area contributed by atoms with Gasteiger partial charge in [-0.1, -0.05) is 0 Å². The van der Waals surface area contributed by atoms with Crippen LogP contribution in [0.15, 0.2) is 19.7 Å². The third-order valence-corrected chi connectivity index (χ3v) is 2.31. The van der Waals surface area contributed by atoms with Gasteiger partial charge < -0.3 is 4.52 Å². The van der Waals surface area contributed by atoms with E-state index in [4.69, 9.17) is 4.52 Å². The van der Waals surface area contributed by atoms with E-state index in [0.29, 0.717) is 22.1 Å². The van der Waals surface area contributed by atoms with Gasteiger partial charge in [-0.05, 0) is 26.2 Å². The largest absolute Gasteiger partial charge is 0.337 e. The molecule has 0 bridgehead atoms. The summed E-state index contributed by atoms with van der Waals surface area (Å²) < 4.78 is 10.2. The lowest BCUT2D eigenvalue weighted by atomic mass is 10.3. The van der Waals surface area contributed by atoms with Crippen molar-refractivity contribution < 1.29 is 9.15 Å². The third kappa shape index (κ3) is 0.816. The normalized spacial score (nSPS) is 11.5. The summed E-state index contributed by atoms with van der Waals surface area (Å²) in [6.07, 6.45) is 0. The molecule has 6 nitrogen and oxygen atoms in total. The summed E-state index contributed by atoms with van der Waals surface area (Å²) in [7, 11) is 0. The summed E-state index contributed by atoms with van der Waals surface area (Å²) in [6.45, 7) is 0. The Bertz CT molecular complexity index is 586. The van der Waals surface area contributed by atoms with Gasteiger partial charge in [-0.3, -0.25) is 0 Å². The van der Waals surface area contributed by atoms with Crippen LogP contribution in [0.25, 0.3) is 22.1 Å². The summed E-state index contributed by atoms with van der Waals surface area (Å²) in [6, 6.07) is 1.72. The van der Waals surface area contributed by atoms with E-state index in [1.807, 2.05) is 0 Å². The molecule has 0 radical (unpaired) electrons. The van der Waals surface area contributed by atoms with Gasteiger partial charge in [0.2, 0.25) is 0 Å². The van der Waals surface area contributed by atoms with Gasteiger partial charge in [0.1, 0.15) is 0 Å². The standard InChI is InChI=1S/C6HBrN4O2/c7-2-1-3-5(8-11-12-3)6-4(2)9-13-10-6/h1H. The van der Waals surface area contributed by atoms with Crippen LogP contribution < -0.4 is 0 Å². The Morgan fingerprint density at radius 2 is 2.00 bits per heavy atom. The van der Waals surface area contributed by atoms with E-state index in [9.17, 15) is 0 Å². The molecular weight excluding hydrogens is 240 g/mol. The molecule has 64 valence electrons. The quantitative estimate of drug-likeness (QED) is 0.593. The first-order valence-electron chi connectivity index (χ1n) is 3.39. The molecule has 0 atom stereocenters. The molecule has 7 heteroatoms. The Morgan fingerprint density at radius 1 is 1.15 bits per heavy atom. The topological polar surface area (TPSA) is 77.8 Å². The van der Waals surface area contributed by atoms with Crippen LogP contribution in [-0.4, -0.2) is 20.7 Å². The fourth-order valence-electron chi connectivity index (χ4n) is 1.14. The highest BCUT2D eigenvalue weighted by Crippen LogP contribution is 2.27. The Hall–Kier alpha value is -1.50. The molecule has 2 aromatic heterocycles. The molecule has 0 saturated carbocycles. The van der Waals surface area contributed by atoms with Crippen LogP contribution in [0, 0.1) is 0 Å². The van der Waals surface area contributed by atoms with Crippen molar-refractivity contribution in [1.82, 2.24) is 20.7 Å². The SMILES string of the molecule is Brc1cc2onnc2c2nonc12. The van der Waals surface area contributed by atoms with Gasteiger partial charge in [0, 0.05) is 11.3 Å². The number of aromatic nitrogens is 4. The maximum Gasteiger partial charge on any atom is 0.191 e. The molecule has 0 N–H and O–H groups in total. The molecule has 0 saturated heterocycles. The molecule has 0 amide bonds. The highest BCUT2D eigenvalue weighted by Gasteiger charge is 2.13. The Labute approximate surface area is 79.0 Å². The van der Waals surface area contributed by atoms with E-state index < -0.39 is 0 Å². The number of hydrogen-bond donors (Lipinski definition) is 0. The average molecular weight is 241 g/mol. The van der Waals surface area contributed by atoms with Gasteiger partial charge in [0.25, 0.3) is 0 Å². The van der Waals surface area contributed by atoms with Gasteiger partial charge in [0.15, 0.2) is 22.1 Å². The van der Waals surface area contributed by atoms with Crippen molar-refractivity contribution in [3.63, 3.8) is 0 Å². The zero-order valence-electron chi connectivity index (χ0n) is 6.06.